The van der Waals surface area contributed by atoms with Crippen LogP contribution < -0.4 is 5.23 Å². The molecule has 0 amide bonds. The molecule has 0 aliphatic carbocycles. The van der Waals surface area contributed by atoms with Crippen LogP contribution in [0.4, 0.5) is 0 Å². The normalized spacial score (nSPS) is 12.8. The Morgan fingerprint density at radius 2 is 2.00 bits per heavy atom. The van der Waals surface area contributed by atoms with Crippen LogP contribution in [-0.4, -0.2) is 25.5 Å². The van der Waals surface area contributed by atoms with Gasteiger partial charge in [0.25, 0.3) is 0 Å². The monoisotopic (exact) mass is 156 g/mol. The highest BCUT2D eigenvalue weighted by Crippen LogP contribution is 1.92. The third-order valence-corrected chi connectivity index (χ3v) is 1.12. The van der Waals surface area contributed by atoms with E-state index in [1.165, 1.54) is 0 Å². The number of hydrogen-bond donors (Lipinski definition) is 1. The molecule has 63 valence electrons. The predicted octanol–water partition coefficient (Wildman–Crippen LogP) is 0.583. The van der Waals surface area contributed by atoms with E-state index in [-0.39, 0.29) is 18.1 Å². The first-order valence-electron chi connectivity index (χ1n) is 3.82. The molecule has 3 nitrogen and oxygen atoms in total. The molecule has 0 heterocycles. The minimum absolute atomic E-state index is 0.0383. The van der Waals surface area contributed by atoms with Crippen molar-refractivity contribution in [1.29, 1.82) is 0 Å². The molecule has 1 radical (unpaired) electrons. The Morgan fingerprint density at radius 3 is 2.36 bits per heavy atom. The second-order valence-corrected chi connectivity index (χ2v) is 2.66. The van der Waals surface area contributed by atoms with Crippen LogP contribution in [-0.2, 0) is 9.53 Å². The van der Waals surface area contributed by atoms with Crippen LogP contribution >= 0.6 is 0 Å². The van der Waals surface area contributed by atoms with Crippen molar-refractivity contribution >= 4 is 13.4 Å². The van der Waals surface area contributed by atoms with Crippen molar-refractivity contribution < 1.29 is 9.53 Å². The molecule has 0 aliphatic rings. The summed E-state index contributed by atoms with van der Waals surface area (Å²) in [6, 6.07) is -0.248. The summed E-state index contributed by atoms with van der Waals surface area (Å²) in [5, 5.41) is 2.85. The zero-order valence-electron chi connectivity index (χ0n) is 7.55. The van der Waals surface area contributed by atoms with Crippen LogP contribution in [0.15, 0.2) is 0 Å². The van der Waals surface area contributed by atoms with Crippen molar-refractivity contribution in [3.63, 3.8) is 0 Å². The summed E-state index contributed by atoms with van der Waals surface area (Å²) in [4.78, 5) is 11.0. The van der Waals surface area contributed by atoms with Crippen molar-refractivity contribution in [2.75, 3.05) is 0 Å². The van der Waals surface area contributed by atoms with Gasteiger partial charge in [0, 0.05) is 0 Å². The fraction of sp³-hybridized carbons (Fsp3) is 0.857. The fourth-order valence-corrected chi connectivity index (χ4v) is 0.652. The minimum atomic E-state index is -0.248. The van der Waals surface area contributed by atoms with Crippen LogP contribution in [0.1, 0.15) is 20.8 Å². The van der Waals surface area contributed by atoms with E-state index < -0.39 is 0 Å². The van der Waals surface area contributed by atoms with E-state index >= 15 is 0 Å². The lowest BCUT2D eigenvalue weighted by Gasteiger charge is -2.13. The van der Waals surface area contributed by atoms with E-state index in [2.05, 4.69) is 5.23 Å². The Balaban J connectivity index is 3.64. The third-order valence-electron chi connectivity index (χ3n) is 1.12. The van der Waals surface area contributed by atoms with E-state index in [0.717, 1.165) is 0 Å². The first-order chi connectivity index (χ1) is 5.07. The molecular weight excluding hydrogens is 141 g/mol. The lowest BCUT2D eigenvalue weighted by molar-refractivity contribution is -0.148. The molecule has 0 saturated heterocycles. The van der Waals surface area contributed by atoms with Gasteiger partial charge in [0.15, 0.2) is 0 Å². The van der Waals surface area contributed by atoms with Crippen LogP contribution in [0.2, 0.25) is 6.82 Å². The van der Waals surface area contributed by atoms with Crippen LogP contribution in [0.3, 0.4) is 0 Å². The SMILES string of the molecule is C[B]NC(C)C(=O)OC(C)C. The van der Waals surface area contributed by atoms with Crippen molar-refractivity contribution in [3.8, 4) is 0 Å². The molecule has 0 spiro atoms. The number of carbonyl (C=O) groups excluding carboxylic acids is 1. The molecule has 0 aliphatic heterocycles. The predicted molar refractivity (Wildman–Crippen MR) is 45.4 cm³/mol. The molecule has 0 aromatic carbocycles. The highest BCUT2D eigenvalue weighted by molar-refractivity contribution is 6.30. The number of esters is 1. The number of carbonyl (C=O) groups is 1. The van der Waals surface area contributed by atoms with Gasteiger partial charge in [-0.05, 0) is 20.8 Å². The van der Waals surface area contributed by atoms with Crippen molar-refractivity contribution in [2.24, 2.45) is 0 Å². The summed E-state index contributed by atoms with van der Waals surface area (Å²) < 4.78 is 4.94. The Hall–Kier alpha value is -0.505. The quantitative estimate of drug-likeness (QED) is 0.478. The number of rotatable bonds is 4. The van der Waals surface area contributed by atoms with Crippen LogP contribution in [0.25, 0.3) is 0 Å². The fourth-order valence-electron chi connectivity index (χ4n) is 0.652. The van der Waals surface area contributed by atoms with Gasteiger partial charge in [-0.15, -0.1) is 0 Å². The molecule has 0 aromatic rings. The third kappa shape index (κ3) is 4.84. The van der Waals surface area contributed by atoms with Gasteiger partial charge >= 0.3 is 5.97 Å². The zero-order valence-corrected chi connectivity index (χ0v) is 7.55. The van der Waals surface area contributed by atoms with Gasteiger partial charge in [-0.1, -0.05) is 6.82 Å². The Labute approximate surface area is 68.8 Å². The average Bonchev–Trinajstić information content (AvgIpc) is 1.86. The number of ether oxygens (including phenoxy) is 1. The van der Waals surface area contributed by atoms with Gasteiger partial charge in [-0.3, -0.25) is 4.79 Å². The Morgan fingerprint density at radius 1 is 1.45 bits per heavy atom. The summed E-state index contributed by atoms with van der Waals surface area (Å²) in [6.45, 7) is 7.27. The molecule has 4 heteroatoms. The highest BCUT2D eigenvalue weighted by Gasteiger charge is 2.13. The van der Waals surface area contributed by atoms with E-state index in [0.29, 0.717) is 0 Å². The van der Waals surface area contributed by atoms with Gasteiger partial charge in [0.05, 0.1) is 12.1 Å². The summed E-state index contributed by atoms with van der Waals surface area (Å²) in [5.74, 6) is -0.210. The molecule has 0 fully saturated rings. The summed E-state index contributed by atoms with van der Waals surface area (Å²) in [6.07, 6.45) is -0.0383. The van der Waals surface area contributed by atoms with Gasteiger partial charge < -0.3 is 9.96 Å². The standard InChI is InChI=1S/C7H15BNO2/c1-5(2)11-7(10)6(3)9-8-4/h5-6,9H,1-4H3. The maximum atomic E-state index is 11.0. The minimum Gasteiger partial charge on any atom is -0.462 e. The van der Waals surface area contributed by atoms with E-state index in [1.807, 2.05) is 20.7 Å². The molecular formula is C7H15BNO2. The Bertz CT molecular complexity index is 128. The smallest absolute Gasteiger partial charge is 0.322 e. The number of nitrogens with one attached hydrogen (secondary N) is 1. The molecule has 11 heavy (non-hydrogen) atoms. The lowest BCUT2D eigenvalue weighted by atomic mass is 9.98. The maximum absolute atomic E-state index is 11.0. The van der Waals surface area contributed by atoms with Gasteiger partial charge in [0.1, 0.15) is 0 Å². The molecule has 0 aromatic heterocycles. The number of hydrogen-bond acceptors (Lipinski definition) is 3. The zero-order chi connectivity index (χ0) is 8.85. The van der Waals surface area contributed by atoms with E-state index in [4.69, 9.17) is 4.74 Å². The second kappa shape index (κ2) is 5.19. The summed E-state index contributed by atoms with van der Waals surface area (Å²) in [5.41, 5.74) is 0. The lowest BCUT2D eigenvalue weighted by Crippen LogP contribution is -2.37. The van der Waals surface area contributed by atoms with Crippen molar-refractivity contribution in [2.45, 2.75) is 39.7 Å². The summed E-state index contributed by atoms with van der Waals surface area (Å²) >= 11 is 0. The van der Waals surface area contributed by atoms with E-state index in [9.17, 15) is 4.79 Å². The van der Waals surface area contributed by atoms with Gasteiger partial charge in [-0.2, -0.15) is 0 Å². The molecule has 1 atom stereocenters. The second-order valence-electron chi connectivity index (χ2n) is 2.66. The highest BCUT2D eigenvalue weighted by atomic mass is 16.5. The molecule has 1 unspecified atom stereocenters. The summed E-state index contributed by atoms with van der Waals surface area (Å²) in [7, 11) is 1.73. The molecule has 0 rings (SSSR count). The maximum Gasteiger partial charge on any atom is 0.322 e. The van der Waals surface area contributed by atoms with Crippen molar-refractivity contribution in [1.82, 2.24) is 5.23 Å². The van der Waals surface area contributed by atoms with Crippen LogP contribution in [0, 0.1) is 0 Å². The van der Waals surface area contributed by atoms with Crippen molar-refractivity contribution in [3.05, 3.63) is 0 Å². The average molecular weight is 156 g/mol. The van der Waals surface area contributed by atoms with Gasteiger partial charge in [-0.25, -0.2) is 0 Å². The molecule has 0 bridgehead atoms. The largest absolute Gasteiger partial charge is 0.462 e. The van der Waals surface area contributed by atoms with Crippen LogP contribution in [0.5, 0.6) is 0 Å². The van der Waals surface area contributed by atoms with Gasteiger partial charge in [0.2, 0.25) is 7.41 Å². The first-order valence-corrected chi connectivity index (χ1v) is 3.82. The van der Waals surface area contributed by atoms with E-state index in [1.54, 1.807) is 14.3 Å². The molecule has 0 saturated carbocycles. The Kier molecular flexibility index (Phi) is 4.95. The first kappa shape index (κ1) is 10.5. The molecule has 1 N–H and O–H groups in total. The topological polar surface area (TPSA) is 38.3 Å².